The summed E-state index contributed by atoms with van der Waals surface area (Å²) in [7, 11) is -1.04. The van der Waals surface area contributed by atoms with Crippen LogP contribution in [0.5, 0.6) is 0 Å². The Balaban J connectivity index is 0.00000264. The molecular weight excluding hydrogens is 447 g/mol. The highest BCUT2D eigenvalue weighted by atomic mass is 127. The van der Waals surface area contributed by atoms with E-state index in [0.717, 1.165) is 25.6 Å². The summed E-state index contributed by atoms with van der Waals surface area (Å²) in [6, 6.07) is 2.11. The van der Waals surface area contributed by atoms with Gasteiger partial charge in [0.25, 0.3) is 0 Å². The molecular formula is C14H25IN4O2S2. The standard InChI is InChI=1S/C14H24N4O2S2.HI/c1-12-3-8-21-13(12)11-17-14(15-2)16-4-5-18-6-9-22(19,20)10-7-18;/h3,8H,4-7,9-11H2,1-2H3,(H2,15,16,17);1H. The maximum absolute atomic E-state index is 11.4. The first-order valence-corrected chi connectivity index (χ1v) is 10.1. The molecule has 0 spiro atoms. The van der Waals surface area contributed by atoms with Gasteiger partial charge >= 0.3 is 0 Å². The number of nitrogens with zero attached hydrogens (tertiary/aromatic N) is 2. The first-order chi connectivity index (χ1) is 10.5. The van der Waals surface area contributed by atoms with Crippen LogP contribution in [0.1, 0.15) is 10.4 Å². The fraction of sp³-hybridized carbons (Fsp3) is 0.643. The number of sulfone groups is 1. The second kappa shape index (κ2) is 9.80. The molecule has 1 fully saturated rings. The number of aliphatic imine (C=N–C) groups is 1. The Hall–Kier alpha value is -0.390. The fourth-order valence-electron chi connectivity index (χ4n) is 2.28. The van der Waals surface area contributed by atoms with Gasteiger partial charge in [0.15, 0.2) is 15.8 Å². The summed E-state index contributed by atoms with van der Waals surface area (Å²) in [6.45, 7) is 5.71. The van der Waals surface area contributed by atoms with Gasteiger partial charge in [0.05, 0.1) is 18.1 Å². The molecule has 1 aromatic heterocycles. The van der Waals surface area contributed by atoms with E-state index in [1.807, 2.05) is 0 Å². The maximum atomic E-state index is 11.4. The fourth-order valence-corrected chi connectivity index (χ4v) is 4.40. The number of guanidine groups is 1. The molecule has 0 atom stereocenters. The lowest BCUT2D eigenvalue weighted by molar-refractivity contribution is 0.299. The second-order valence-corrected chi connectivity index (χ2v) is 8.68. The summed E-state index contributed by atoms with van der Waals surface area (Å²) in [5.74, 6) is 1.33. The van der Waals surface area contributed by atoms with Gasteiger partial charge in [-0.15, -0.1) is 35.3 Å². The highest BCUT2D eigenvalue weighted by Gasteiger charge is 2.20. The van der Waals surface area contributed by atoms with Crippen molar-refractivity contribution in [3.8, 4) is 0 Å². The van der Waals surface area contributed by atoms with Gasteiger partial charge in [-0.3, -0.25) is 9.89 Å². The summed E-state index contributed by atoms with van der Waals surface area (Å²) < 4.78 is 22.8. The summed E-state index contributed by atoms with van der Waals surface area (Å²) in [5.41, 5.74) is 1.29. The molecule has 0 bridgehead atoms. The average Bonchev–Trinajstić information content (AvgIpc) is 2.89. The first-order valence-electron chi connectivity index (χ1n) is 7.40. The van der Waals surface area contributed by atoms with E-state index in [1.165, 1.54) is 10.4 Å². The van der Waals surface area contributed by atoms with Crippen LogP contribution in [0.25, 0.3) is 0 Å². The molecule has 9 heteroatoms. The molecule has 2 rings (SSSR count). The van der Waals surface area contributed by atoms with Gasteiger partial charge < -0.3 is 10.6 Å². The van der Waals surface area contributed by atoms with Gasteiger partial charge in [-0.1, -0.05) is 0 Å². The predicted octanol–water partition coefficient (Wildman–Crippen LogP) is 1.07. The van der Waals surface area contributed by atoms with Crippen LogP contribution in [0, 0.1) is 6.92 Å². The zero-order valence-electron chi connectivity index (χ0n) is 13.5. The number of thiophene rings is 1. The van der Waals surface area contributed by atoms with Crippen molar-refractivity contribution in [1.29, 1.82) is 0 Å². The Labute approximate surface area is 159 Å². The average molecular weight is 472 g/mol. The molecule has 0 aromatic carbocycles. The van der Waals surface area contributed by atoms with Crippen LogP contribution in [0.15, 0.2) is 16.4 Å². The molecule has 0 radical (unpaired) electrons. The topological polar surface area (TPSA) is 73.8 Å². The number of hydrogen-bond donors (Lipinski definition) is 2. The van der Waals surface area contributed by atoms with Gasteiger partial charge in [0.1, 0.15) is 0 Å². The molecule has 1 aliphatic rings. The molecule has 23 heavy (non-hydrogen) atoms. The molecule has 2 heterocycles. The molecule has 0 aliphatic carbocycles. The summed E-state index contributed by atoms with van der Waals surface area (Å²) in [6.07, 6.45) is 0. The number of rotatable bonds is 5. The minimum absolute atomic E-state index is 0. The van der Waals surface area contributed by atoms with E-state index in [9.17, 15) is 8.42 Å². The van der Waals surface area contributed by atoms with E-state index in [-0.39, 0.29) is 35.5 Å². The van der Waals surface area contributed by atoms with Crippen LogP contribution in [0.4, 0.5) is 0 Å². The van der Waals surface area contributed by atoms with E-state index >= 15 is 0 Å². The van der Waals surface area contributed by atoms with Crippen LogP contribution in [-0.2, 0) is 16.4 Å². The van der Waals surface area contributed by atoms with E-state index in [2.05, 4.69) is 38.9 Å². The third-order valence-electron chi connectivity index (χ3n) is 3.77. The van der Waals surface area contributed by atoms with Gasteiger partial charge in [0.2, 0.25) is 0 Å². The van der Waals surface area contributed by atoms with Crippen LogP contribution < -0.4 is 10.6 Å². The lowest BCUT2D eigenvalue weighted by Crippen LogP contribution is -2.45. The van der Waals surface area contributed by atoms with Gasteiger partial charge in [0, 0.05) is 38.1 Å². The van der Waals surface area contributed by atoms with E-state index in [1.54, 1.807) is 18.4 Å². The molecule has 132 valence electrons. The Morgan fingerprint density at radius 2 is 2.04 bits per heavy atom. The van der Waals surface area contributed by atoms with Crippen LogP contribution in [0.3, 0.4) is 0 Å². The number of aryl methyl sites for hydroxylation is 1. The lowest BCUT2D eigenvalue weighted by Gasteiger charge is -2.26. The van der Waals surface area contributed by atoms with Crippen molar-refractivity contribution in [2.75, 3.05) is 44.7 Å². The normalized spacial score (nSPS) is 18.3. The molecule has 0 unspecified atom stereocenters. The summed E-state index contributed by atoms with van der Waals surface area (Å²) in [5, 5.41) is 8.66. The maximum Gasteiger partial charge on any atom is 0.191 e. The molecule has 2 N–H and O–H groups in total. The highest BCUT2D eigenvalue weighted by Crippen LogP contribution is 2.14. The van der Waals surface area contributed by atoms with Crippen molar-refractivity contribution >= 4 is 51.1 Å². The van der Waals surface area contributed by atoms with Crippen LogP contribution >= 0.6 is 35.3 Å². The predicted molar refractivity (Wildman–Crippen MR) is 108 cm³/mol. The number of hydrogen-bond acceptors (Lipinski definition) is 5. The molecule has 6 nitrogen and oxygen atoms in total. The molecule has 1 aliphatic heterocycles. The Bertz CT molecular complexity index is 602. The van der Waals surface area contributed by atoms with E-state index in [0.29, 0.717) is 13.1 Å². The van der Waals surface area contributed by atoms with Crippen molar-refractivity contribution < 1.29 is 8.42 Å². The third kappa shape index (κ3) is 6.94. The van der Waals surface area contributed by atoms with Crippen molar-refractivity contribution in [2.45, 2.75) is 13.5 Å². The molecule has 0 amide bonds. The largest absolute Gasteiger partial charge is 0.355 e. The second-order valence-electron chi connectivity index (χ2n) is 5.37. The SMILES string of the molecule is CN=C(NCCN1CCS(=O)(=O)CC1)NCc1sccc1C.I. The Morgan fingerprint density at radius 1 is 1.35 bits per heavy atom. The molecule has 0 saturated carbocycles. The first kappa shape index (κ1) is 20.7. The summed E-state index contributed by atoms with van der Waals surface area (Å²) in [4.78, 5) is 7.69. The van der Waals surface area contributed by atoms with Crippen molar-refractivity contribution in [1.82, 2.24) is 15.5 Å². The van der Waals surface area contributed by atoms with Gasteiger partial charge in [-0.25, -0.2) is 8.42 Å². The van der Waals surface area contributed by atoms with Crippen molar-refractivity contribution in [2.24, 2.45) is 4.99 Å². The lowest BCUT2D eigenvalue weighted by atomic mass is 10.3. The molecule has 1 saturated heterocycles. The molecule has 1 aromatic rings. The van der Waals surface area contributed by atoms with Crippen molar-refractivity contribution in [3.63, 3.8) is 0 Å². The van der Waals surface area contributed by atoms with Gasteiger partial charge in [-0.05, 0) is 23.9 Å². The highest BCUT2D eigenvalue weighted by molar-refractivity contribution is 14.0. The minimum atomic E-state index is -2.80. The quantitative estimate of drug-likeness (QED) is 0.381. The van der Waals surface area contributed by atoms with Gasteiger partial charge in [-0.2, -0.15) is 0 Å². The van der Waals surface area contributed by atoms with Crippen molar-refractivity contribution in [3.05, 3.63) is 21.9 Å². The summed E-state index contributed by atoms with van der Waals surface area (Å²) >= 11 is 1.74. The smallest absolute Gasteiger partial charge is 0.191 e. The number of nitrogens with one attached hydrogen (secondary N) is 2. The zero-order valence-corrected chi connectivity index (χ0v) is 17.5. The van der Waals surface area contributed by atoms with Crippen LogP contribution in [0.2, 0.25) is 0 Å². The zero-order chi connectivity index (χ0) is 16.0. The Morgan fingerprint density at radius 3 is 2.61 bits per heavy atom. The third-order valence-corrected chi connectivity index (χ3v) is 6.40. The van der Waals surface area contributed by atoms with E-state index < -0.39 is 9.84 Å². The number of halogens is 1. The minimum Gasteiger partial charge on any atom is -0.355 e. The monoisotopic (exact) mass is 472 g/mol. The Kier molecular flexibility index (Phi) is 8.80. The van der Waals surface area contributed by atoms with E-state index in [4.69, 9.17) is 0 Å². The van der Waals surface area contributed by atoms with Crippen LogP contribution in [-0.4, -0.2) is 64.0 Å².